The third kappa shape index (κ3) is 8.69. The van der Waals surface area contributed by atoms with Crippen LogP contribution in [0.2, 0.25) is 10.0 Å². The van der Waals surface area contributed by atoms with Crippen molar-refractivity contribution in [2.75, 3.05) is 17.1 Å². The van der Waals surface area contributed by atoms with Gasteiger partial charge in [0.2, 0.25) is 21.8 Å². The predicted molar refractivity (Wildman–Crippen MR) is 165 cm³/mol. The molecule has 1 fully saturated rings. The molecule has 0 aromatic heterocycles. The van der Waals surface area contributed by atoms with Crippen LogP contribution in [-0.2, 0) is 32.6 Å². The van der Waals surface area contributed by atoms with Gasteiger partial charge in [-0.3, -0.25) is 13.9 Å². The molecule has 1 unspecified atom stereocenters. The summed E-state index contributed by atoms with van der Waals surface area (Å²) in [5, 5.41) is 3.87. The summed E-state index contributed by atoms with van der Waals surface area (Å²) in [5.41, 5.74) is 1.51. The average Bonchev–Trinajstić information content (AvgIpc) is 2.95. The summed E-state index contributed by atoms with van der Waals surface area (Å²) in [6.45, 7) is -0.664. The number of carbonyl (C=O) groups excluding carboxylic acids is 2. The van der Waals surface area contributed by atoms with Crippen LogP contribution in [0.4, 0.5) is 10.1 Å². The number of hydrogen-bond acceptors (Lipinski definition) is 4. The Kier molecular flexibility index (Phi) is 10.9. The van der Waals surface area contributed by atoms with Gasteiger partial charge in [-0.05, 0) is 60.4 Å². The monoisotopic (exact) mass is 633 g/mol. The van der Waals surface area contributed by atoms with Gasteiger partial charge in [0, 0.05) is 29.1 Å². The number of rotatable bonds is 11. The van der Waals surface area contributed by atoms with Crippen LogP contribution in [0.5, 0.6) is 0 Å². The molecule has 1 N–H and O–H groups in total. The molecule has 0 radical (unpaired) electrons. The van der Waals surface area contributed by atoms with E-state index in [2.05, 4.69) is 5.32 Å². The summed E-state index contributed by atoms with van der Waals surface area (Å²) in [6, 6.07) is 18.1. The van der Waals surface area contributed by atoms with Crippen LogP contribution >= 0.6 is 23.2 Å². The Morgan fingerprint density at radius 3 is 2.26 bits per heavy atom. The van der Waals surface area contributed by atoms with Gasteiger partial charge >= 0.3 is 0 Å². The molecule has 224 valence electrons. The standard InChI is InChI=1S/C31H34Cl2FN3O4S/c1-42(40,41)37(27-16-14-25(34)15-17-27)21-30(38)36(20-23-12-13-24(32)19-28(23)33)29(18-22-8-4-2-5-9-22)31(39)35-26-10-6-3-7-11-26/h2,4-5,8-9,12-17,19,26,29H,3,6-7,10-11,18,20-21H2,1H3,(H,35,39). The minimum absolute atomic E-state index is 0.00710. The first kappa shape index (κ1) is 31.8. The van der Waals surface area contributed by atoms with Crippen LogP contribution < -0.4 is 9.62 Å². The normalized spacial score (nSPS) is 14.7. The first-order chi connectivity index (χ1) is 20.0. The highest BCUT2D eigenvalue weighted by Crippen LogP contribution is 2.26. The molecule has 1 saturated carbocycles. The quantitative estimate of drug-likeness (QED) is 0.281. The van der Waals surface area contributed by atoms with E-state index in [9.17, 15) is 22.4 Å². The number of amides is 2. The summed E-state index contributed by atoms with van der Waals surface area (Å²) in [6.07, 6.45) is 6.02. The summed E-state index contributed by atoms with van der Waals surface area (Å²) < 4.78 is 40.2. The third-order valence-electron chi connectivity index (χ3n) is 7.37. The molecule has 0 saturated heterocycles. The van der Waals surface area contributed by atoms with E-state index < -0.39 is 34.3 Å². The van der Waals surface area contributed by atoms with Crippen molar-refractivity contribution in [2.24, 2.45) is 0 Å². The minimum Gasteiger partial charge on any atom is -0.352 e. The van der Waals surface area contributed by atoms with Crippen molar-refractivity contribution in [1.29, 1.82) is 0 Å². The van der Waals surface area contributed by atoms with Gasteiger partial charge in [0.1, 0.15) is 18.4 Å². The molecule has 11 heteroatoms. The number of nitrogens with zero attached hydrogens (tertiary/aromatic N) is 2. The molecular formula is C31H34Cl2FN3O4S. The lowest BCUT2D eigenvalue weighted by atomic mass is 9.94. The average molecular weight is 635 g/mol. The first-order valence-electron chi connectivity index (χ1n) is 13.8. The maximum atomic E-state index is 14.1. The minimum atomic E-state index is -3.95. The molecule has 2 amide bonds. The van der Waals surface area contributed by atoms with Crippen LogP contribution in [-0.4, -0.2) is 50.0 Å². The number of sulfonamides is 1. The largest absolute Gasteiger partial charge is 0.352 e. The summed E-state index contributed by atoms with van der Waals surface area (Å²) in [5.74, 6) is -1.48. The SMILES string of the molecule is CS(=O)(=O)N(CC(=O)N(Cc1ccc(Cl)cc1Cl)C(Cc1ccccc1)C(=O)NC1CCCCC1)c1ccc(F)cc1. The maximum absolute atomic E-state index is 14.1. The fraction of sp³-hybridized carbons (Fsp3) is 0.355. The Balaban J connectivity index is 1.74. The van der Waals surface area contributed by atoms with E-state index in [1.807, 2.05) is 30.3 Å². The second kappa shape index (κ2) is 14.4. The van der Waals surface area contributed by atoms with E-state index in [0.29, 0.717) is 15.6 Å². The molecule has 1 aliphatic rings. The Labute approximate surface area is 256 Å². The molecular weight excluding hydrogens is 600 g/mol. The van der Waals surface area contributed by atoms with Crippen molar-refractivity contribution in [3.8, 4) is 0 Å². The summed E-state index contributed by atoms with van der Waals surface area (Å²) in [7, 11) is -3.95. The van der Waals surface area contributed by atoms with Gasteiger partial charge in [0.15, 0.2) is 0 Å². The highest BCUT2D eigenvalue weighted by Gasteiger charge is 2.34. The van der Waals surface area contributed by atoms with E-state index in [1.54, 1.807) is 18.2 Å². The number of carbonyl (C=O) groups is 2. The Morgan fingerprint density at radius 2 is 1.64 bits per heavy atom. The van der Waals surface area contributed by atoms with Gasteiger partial charge in [-0.2, -0.15) is 0 Å². The molecule has 0 heterocycles. The molecule has 1 atom stereocenters. The van der Waals surface area contributed by atoms with Crippen molar-refractivity contribution >= 4 is 50.7 Å². The summed E-state index contributed by atoms with van der Waals surface area (Å²) in [4.78, 5) is 29.5. The van der Waals surface area contributed by atoms with Gasteiger partial charge in [-0.25, -0.2) is 12.8 Å². The van der Waals surface area contributed by atoms with Crippen molar-refractivity contribution in [3.05, 3.63) is 99.8 Å². The molecule has 4 rings (SSSR count). The molecule has 0 spiro atoms. The van der Waals surface area contributed by atoms with Crippen molar-refractivity contribution in [2.45, 2.75) is 57.2 Å². The molecule has 1 aliphatic carbocycles. The topological polar surface area (TPSA) is 86.8 Å². The molecule has 3 aromatic carbocycles. The Bertz CT molecular complexity index is 1480. The molecule has 7 nitrogen and oxygen atoms in total. The molecule has 42 heavy (non-hydrogen) atoms. The van der Waals surface area contributed by atoms with Gasteiger partial charge in [-0.1, -0.05) is 78.9 Å². The van der Waals surface area contributed by atoms with Gasteiger partial charge in [0.25, 0.3) is 0 Å². The van der Waals surface area contributed by atoms with E-state index in [0.717, 1.165) is 60.4 Å². The van der Waals surface area contributed by atoms with Crippen molar-refractivity contribution in [3.63, 3.8) is 0 Å². The second-order valence-corrected chi connectivity index (χ2v) is 13.3. The van der Waals surface area contributed by atoms with Crippen LogP contribution in [0.3, 0.4) is 0 Å². The van der Waals surface area contributed by atoms with E-state index >= 15 is 0 Å². The Hall–Kier alpha value is -3.14. The van der Waals surface area contributed by atoms with Gasteiger partial charge < -0.3 is 10.2 Å². The van der Waals surface area contributed by atoms with Crippen LogP contribution in [0.15, 0.2) is 72.8 Å². The van der Waals surface area contributed by atoms with Crippen molar-refractivity contribution in [1.82, 2.24) is 10.2 Å². The van der Waals surface area contributed by atoms with E-state index in [1.165, 1.54) is 17.0 Å². The predicted octanol–water partition coefficient (Wildman–Crippen LogP) is 5.99. The lowest BCUT2D eigenvalue weighted by Crippen LogP contribution is -2.55. The van der Waals surface area contributed by atoms with Crippen LogP contribution in [0.1, 0.15) is 43.2 Å². The number of hydrogen-bond donors (Lipinski definition) is 1. The molecule has 3 aromatic rings. The first-order valence-corrected chi connectivity index (χ1v) is 16.4. The number of halogens is 3. The number of benzene rings is 3. The highest BCUT2D eigenvalue weighted by atomic mass is 35.5. The third-order valence-corrected chi connectivity index (χ3v) is 9.10. The smallest absolute Gasteiger partial charge is 0.244 e. The van der Waals surface area contributed by atoms with Crippen LogP contribution in [0, 0.1) is 5.82 Å². The number of anilines is 1. The Morgan fingerprint density at radius 1 is 0.976 bits per heavy atom. The highest BCUT2D eigenvalue weighted by molar-refractivity contribution is 7.92. The number of nitrogens with one attached hydrogen (secondary N) is 1. The second-order valence-electron chi connectivity index (χ2n) is 10.6. The van der Waals surface area contributed by atoms with Crippen LogP contribution in [0.25, 0.3) is 0 Å². The lowest BCUT2D eigenvalue weighted by Gasteiger charge is -2.35. The maximum Gasteiger partial charge on any atom is 0.244 e. The van der Waals surface area contributed by atoms with Crippen molar-refractivity contribution < 1.29 is 22.4 Å². The van der Waals surface area contributed by atoms with Gasteiger partial charge in [-0.15, -0.1) is 0 Å². The fourth-order valence-corrected chi connectivity index (χ4v) is 6.47. The molecule has 0 aliphatic heterocycles. The van der Waals surface area contributed by atoms with E-state index in [4.69, 9.17) is 23.2 Å². The van der Waals surface area contributed by atoms with Gasteiger partial charge in [0.05, 0.1) is 11.9 Å². The zero-order valence-corrected chi connectivity index (χ0v) is 25.6. The zero-order valence-electron chi connectivity index (χ0n) is 23.3. The fourth-order valence-electron chi connectivity index (χ4n) is 5.15. The summed E-state index contributed by atoms with van der Waals surface area (Å²) >= 11 is 12.6. The zero-order chi connectivity index (χ0) is 30.3. The lowest BCUT2D eigenvalue weighted by molar-refractivity contribution is -0.140. The molecule has 0 bridgehead atoms. The van der Waals surface area contributed by atoms with E-state index in [-0.39, 0.29) is 30.6 Å².